The van der Waals surface area contributed by atoms with Gasteiger partial charge in [-0.15, -0.1) is 13.2 Å². The summed E-state index contributed by atoms with van der Waals surface area (Å²) in [5.41, 5.74) is 2.16. The molecule has 2 rings (SSSR count). The van der Waals surface area contributed by atoms with Crippen molar-refractivity contribution in [3.63, 3.8) is 0 Å². The number of ether oxygens (including phenoxy) is 1. The summed E-state index contributed by atoms with van der Waals surface area (Å²) in [6.45, 7) is 7.67. The van der Waals surface area contributed by atoms with Gasteiger partial charge in [0, 0.05) is 10.0 Å². The summed E-state index contributed by atoms with van der Waals surface area (Å²) in [7, 11) is 0. The standard InChI is InChI=1S/C20H20Cl2O/c1-3-5-19(15-7-11-17(21)12-8-15)23-20(6-4-2)16-9-13-18(22)14-10-16/h3-4,7-14,19-20H,1-2,5-6H2. The lowest BCUT2D eigenvalue weighted by atomic mass is 10.0. The molecule has 1 nitrogen and oxygen atoms in total. The average Bonchev–Trinajstić information content (AvgIpc) is 2.55. The van der Waals surface area contributed by atoms with Gasteiger partial charge in [-0.3, -0.25) is 0 Å². The molecule has 0 saturated carbocycles. The highest BCUT2D eigenvalue weighted by molar-refractivity contribution is 6.30. The number of rotatable bonds is 8. The van der Waals surface area contributed by atoms with Gasteiger partial charge in [-0.2, -0.15) is 0 Å². The second-order valence-electron chi connectivity index (χ2n) is 5.27. The molecule has 2 unspecified atom stereocenters. The lowest BCUT2D eigenvalue weighted by molar-refractivity contribution is -0.0120. The molecule has 0 saturated heterocycles. The van der Waals surface area contributed by atoms with Crippen LogP contribution < -0.4 is 0 Å². The van der Waals surface area contributed by atoms with Crippen molar-refractivity contribution in [1.29, 1.82) is 0 Å². The van der Waals surface area contributed by atoms with E-state index in [1.165, 1.54) is 0 Å². The van der Waals surface area contributed by atoms with Crippen LogP contribution in [0.4, 0.5) is 0 Å². The molecule has 2 atom stereocenters. The Balaban J connectivity index is 2.23. The fourth-order valence-electron chi connectivity index (χ4n) is 2.40. The van der Waals surface area contributed by atoms with Crippen molar-refractivity contribution in [2.24, 2.45) is 0 Å². The highest BCUT2D eigenvalue weighted by Crippen LogP contribution is 2.32. The largest absolute Gasteiger partial charge is 0.365 e. The van der Waals surface area contributed by atoms with E-state index in [4.69, 9.17) is 27.9 Å². The summed E-state index contributed by atoms with van der Waals surface area (Å²) in [6, 6.07) is 15.5. The molecule has 23 heavy (non-hydrogen) atoms. The molecule has 0 heterocycles. The molecule has 0 spiro atoms. The molecule has 0 amide bonds. The topological polar surface area (TPSA) is 9.23 Å². The SMILES string of the molecule is C=CCC(OC(CC=C)c1ccc(Cl)cc1)c1ccc(Cl)cc1. The van der Waals surface area contributed by atoms with Crippen LogP contribution in [0.25, 0.3) is 0 Å². The number of hydrogen-bond donors (Lipinski definition) is 0. The van der Waals surface area contributed by atoms with E-state index in [9.17, 15) is 0 Å². The highest BCUT2D eigenvalue weighted by Gasteiger charge is 2.18. The van der Waals surface area contributed by atoms with Crippen LogP contribution in [-0.2, 0) is 4.74 Å². The third-order valence-corrected chi connectivity index (χ3v) is 4.08. The summed E-state index contributed by atoms with van der Waals surface area (Å²) in [5.74, 6) is 0. The van der Waals surface area contributed by atoms with Gasteiger partial charge in [0.15, 0.2) is 0 Å². The Bertz CT molecular complexity index is 574. The maximum absolute atomic E-state index is 6.35. The summed E-state index contributed by atoms with van der Waals surface area (Å²) in [6.07, 6.45) is 5.03. The summed E-state index contributed by atoms with van der Waals surface area (Å²) >= 11 is 11.9. The van der Waals surface area contributed by atoms with Crippen LogP contribution in [0.1, 0.15) is 36.2 Å². The minimum Gasteiger partial charge on any atom is -0.365 e. The quantitative estimate of drug-likeness (QED) is 0.470. The lowest BCUT2D eigenvalue weighted by Crippen LogP contribution is -2.10. The molecule has 2 aromatic carbocycles. The van der Waals surface area contributed by atoms with Crippen molar-refractivity contribution in [3.05, 3.63) is 95.0 Å². The fraction of sp³-hybridized carbons (Fsp3) is 0.200. The van der Waals surface area contributed by atoms with Crippen LogP contribution in [-0.4, -0.2) is 0 Å². The maximum atomic E-state index is 6.35. The Morgan fingerprint density at radius 3 is 1.39 bits per heavy atom. The van der Waals surface area contributed by atoms with E-state index in [-0.39, 0.29) is 12.2 Å². The first-order chi connectivity index (χ1) is 11.1. The Morgan fingerprint density at radius 1 is 0.739 bits per heavy atom. The lowest BCUT2D eigenvalue weighted by Gasteiger charge is -2.24. The normalized spacial score (nSPS) is 13.3. The summed E-state index contributed by atoms with van der Waals surface area (Å²) in [5, 5.41) is 1.43. The van der Waals surface area contributed by atoms with E-state index in [0.717, 1.165) is 24.0 Å². The monoisotopic (exact) mass is 346 g/mol. The summed E-state index contributed by atoms with van der Waals surface area (Å²) < 4.78 is 6.35. The van der Waals surface area contributed by atoms with E-state index in [1.54, 1.807) is 0 Å². The first kappa shape index (κ1) is 17.8. The Kier molecular flexibility index (Phi) is 6.91. The van der Waals surface area contributed by atoms with Gasteiger partial charge in [0.25, 0.3) is 0 Å². The van der Waals surface area contributed by atoms with Gasteiger partial charge < -0.3 is 4.74 Å². The van der Waals surface area contributed by atoms with Crippen LogP contribution in [0.5, 0.6) is 0 Å². The van der Waals surface area contributed by atoms with E-state index in [2.05, 4.69) is 13.2 Å². The van der Waals surface area contributed by atoms with Crippen molar-refractivity contribution in [3.8, 4) is 0 Å². The molecule has 120 valence electrons. The van der Waals surface area contributed by atoms with E-state index < -0.39 is 0 Å². The highest BCUT2D eigenvalue weighted by atomic mass is 35.5. The number of hydrogen-bond acceptors (Lipinski definition) is 1. The van der Waals surface area contributed by atoms with Crippen molar-refractivity contribution >= 4 is 23.2 Å². The molecule has 0 aliphatic heterocycles. The second kappa shape index (κ2) is 8.93. The first-order valence-corrected chi connectivity index (χ1v) is 8.27. The zero-order valence-electron chi connectivity index (χ0n) is 12.9. The molecule has 0 N–H and O–H groups in total. The first-order valence-electron chi connectivity index (χ1n) is 7.52. The van der Waals surface area contributed by atoms with Crippen molar-refractivity contribution in [2.75, 3.05) is 0 Å². The second-order valence-corrected chi connectivity index (χ2v) is 6.14. The van der Waals surface area contributed by atoms with Crippen molar-refractivity contribution in [2.45, 2.75) is 25.0 Å². The average molecular weight is 347 g/mol. The molecular formula is C20H20Cl2O. The van der Waals surface area contributed by atoms with Gasteiger partial charge in [-0.25, -0.2) is 0 Å². The molecule has 3 heteroatoms. The van der Waals surface area contributed by atoms with Gasteiger partial charge in [0.2, 0.25) is 0 Å². The fourth-order valence-corrected chi connectivity index (χ4v) is 2.65. The Hall–Kier alpha value is -1.54. The molecule has 0 fully saturated rings. The van der Waals surface area contributed by atoms with Crippen LogP contribution in [0.3, 0.4) is 0 Å². The van der Waals surface area contributed by atoms with Gasteiger partial charge in [-0.05, 0) is 48.2 Å². The van der Waals surface area contributed by atoms with Gasteiger partial charge in [0.05, 0.1) is 12.2 Å². The van der Waals surface area contributed by atoms with Crippen molar-refractivity contribution < 1.29 is 4.74 Å². The summed E-state index contributed by atoms with van der Waals surface area (Å²) in [4.78, 5) is 0. The number of benzene rings is 2. The molecule has 0 radical (unpaired) electrons. The zero-order chi connectivity index (χ0) is 16.7. The van der Waals surface area contributed by atoms with Gasteiger partial charge in [0.1, 0.15) is 0 Å². The smallest absolute Gasteiger partial charge is 0.0867 e. The molecular weight excluding hydrogens is 327 g/mol. The number of halogens is 2. The van der Waals surface area contributed by atoms with Gasteiger partial charge in [-0.1, -0.05) is 59.6 Å². The Morgan fingerprint density at radius 2 is 1.09 bits per heavy atom. The molecule has 0 aliphatic carbocycles. The molecule has 0 bridgehead atoms. The van der Waals surface area contributed by atoms with Gasteiger partial charge >= 0.3 is 0 Å². The van der Waals surface area contributed by atoms with E-state index in [0.29, 0.717) is 10.0 Å². The van der Waals surface area contributed by atoms with Crippen molar-refractivity contribution in [1.82, 2.24) is 0 Å². The zero-order valence-corrected chi connectivity index (χ0v) is 14.4. The van der Waals surface area contributed by atoms with E-state index in [1.807, 2.05) is 60.7 Å². The molecule has 0 aromatic heterocycles. The third kappa shape index (κ3) is 5.24. The minimum absolute atomic E-state index is 0.0783. The minimum atomic E-state index is -0.0783. The van der Waals surface area contributed by atoms with Crippen LogP contribution in [0, 0.1) is 0 Å². The van der Waals surface area contributed by atoms with Crippen LogP contribution in [0.2, 0.25) is 10.0 Å². The predicted octanol–water partition coefficient (Wildman–Crippen LogP) is 6.94. The molecule has 2 aromatic rings. The maximum Gasteiger partial charge on any atom is 0.0867 e. The van der Waals surface area contributed by atoms with Crippen LogP contribution in [0.15, 0.2) is 73.8 Å². The van der Waals surface area contributed by atoms with E-state index >= 15 is 0 Å². The molecule has 0 aliphatic rings. The Labute approximate surface area is 148 Å². The van der Waals surface area contributed by atoms with Crippen LogP contribution >= 0.6 is 23.2 Å². The third-order valence-electron chi connectivity index (χ3n) is 3.57. The predicted molar refractivity (Wildman–Crippen MR) is 99.1 cm³/mol.